The van der Waals surface area contributed by atoms with E-state index in [0.29, 0.717) is 13.2 Å². The van der Waals surface area contributed by atoms with Crippen molar-refractivity contribution in [3.63, 3.8) is 0 Å². The second kappa shape index (κ2) is 5.69. The summed E-state index contributed by atoms with van der Waals surface area (Å²) < 4.78 is 11.1. The highest BCUT2D eigenvalue weighted by atomic mass is 16.6. The number of aliphatic carboxylic acids is 1. The number of amides is 1. The molecule has 6 nitrogen and oxygen atoms in total. The Morgan fingerprint density at radius 2 is 1.96 bits per heavy atom. The number of carboxylic acids is 1. The molecule has 1 heterocycles. The maximum atomic E-state index is 12.5. The van der Waals surface area contributed by atoms with Gasteiger partial charge in [0.25, 0.3) is 0 Å². The molecule has 2 fully saturated rings. The lowest BCUT2D eigenvalue weighted by molar-refractivity contribution is -0.140. The number of rotatable bonds is 5. The Morgan fingerprint density at radius 1 is 1.21 bits per heavy atom. The lowest BCUT2D eigenvalue weighted by atomic mass is 9.74. The second-order valence-electron chi connectivity index (χ2n) is 7.05. The number of ether oxygens (including phenoxy) is 2. The molecule has 1 aliphatic heterocycles. The fraction of sp³-hybridized carbons (Fsp3) is 0.556. The highest BCUT2D eigenvalue weighted by Crippen LogP contribution is 2.50. The molecule has 3 aliphatic rings. The summed E-state index contributed by atoms with van der Waals surface area (Å²) in [5.74, 6) is 0.735. The third kappa shape index (κ3) is 2.81. The van der Waals surface area contributed by atoms with Crippen LogP contribution in [-0.2, 0) is 9.59 Å². The zero-order chi connectivity index (χ0) is 16.7. The van der Waals surface area contributed by atoms with E-state index in [4.69, 9.17) is 14.6 Å². The number of carbonyl (C=O) groups excluding carboxylic acids is 1. The van der Waals surface area contributed by atoms with Crippen molar-refractivity contribution >= 4 is 11.9 Å². The molecule has 128 valence electrons. The average molecular weight is 331 g/mol. The Morgan fingerprint density at radius 3 is 2.62 bits per heavy atom. The zero-order valence-corrected chi connectivity index (χ0v) is 13.4. The van der Waals surface area contributed by atoms with Crippen molar-refractivity contribution in [2.45, 2.75) is 43.6 Å². The van der Waals surface area contributed by atoms with Gasteiger partial charge >= 0.3 is 5.97 Å². The molecule has 0 saturated heterocycles. The van der Waals surface area contributed by atoms with E-state index in [1.165, 1.54) is 0 Å². The molecule has 1 aromatic rings. The van der Waals surface area contributed by atoms with E-state index in [1.54, 1.807) is 0 Å². The van der Waals surface area contributed by atoms with Crippen LogP contribution in [0.4, 0.5) is 0 Å². The van der Waals surface area contributed by atoms with Gasteiger partial charge in [0.1, 0.15) is 13.2 Å². The largest absolute Gasteiger partial charge is 0.486 e. The van der Waals surface area contributed by atoms with E-state index in [0.717, 1.165) is 42.7 Å². The van der Waals surface area contributed by atoms with Crippen LogP contribution in [0.15, 0.2) is 18.2 Å². The van der Waals surface area contributed by atoms with Crippen molar-refractivity contribution in [3.8, 4) is 11.5 Å². The van der Waals surface area contributed by atoms with Crippen LogP contribution in [0.3, 0.4) is 0 Å². The van der Waals surface area contributed by atoms with Crippen LogP contribution in [0, 0.1) is 5.92 Å². The van der Waals surface area contributed by atoms with Gasteiger partial charge in [0.05, 0.1) is 12.0 Å². The first kappa shape index (κ1) is 15.3. The van der Waals surface area contributed by atoms with E-state index in [9.17, 15) is 9.59 Å². The Balaban J connectivity index is 1.41. The summed E-state index contributed by atoms with van der Waals surface area (Å²) in [6.07, 6.45) is 3.30. The van der Waals surface area contributed by atoms with Gasteiger partial charge in [-0.2, -0.15) is 0 Å². The van der Waals surface area contributed by atoms with Crippen LogP contribution >= 0.6 is 0 Å². The molecule has 0 bridgehead atoms. The van der Waals surface area contributed by atoms with Gasteiger partial charge in [-0.1, -0.05) is 6.07 Å². The first-order chi connectivity index (χ1) is 11.6. The first-order valence-electron chi connectivity index (χ1n) is 8.50. The SMILES string of the molecule is O=C(O)CC1(NC(=O)C2CC2c2ccc3c(c2)OCCO3)CCC1. The summed E-state index contributed by atoms with van der Waals surface area (Å²) >= 11 is 0. The molecule has 0 aromatic heterocycles. The smallest absolute Gasteiger partial charge is 0.305 e. The molecule has 2 saturated carbocycles. The second-order valence-corrected chi connectivity index (χ2v) is 7.05. The summed E-state index contributed by atoms with van der Waals surface area (Å²) in [5, 5.41) is 12.1. The van der Waals surface area contributed by atoms with Crippen LogP contribution in [0.1, 0.15) is 43.6 Å². The Hall–Kier alpha value is -2.24. The van der Waals surface area contributed by atoms with Gasteiger partial charge in [-0.3, -0.25) is 9.59 Å². The van der Waals surface area contributed by atoms with Crippen molar-refractivity contribution in [1.29, 1.82) is 0 Å². The van der Waals surface area contributed by atoms with Gasteiger partial charge in [0, 0.05) is 5.92 Å². The molecule has 24 heavy (non-hydrogen) atoms. The predicted octanol–water partition coefficient (Wildman–Crippen LogP) is 2.07. The molecule has 4 rings (SSSR count). The molecular weight excluding hydrogens is 310 g/mol. The van der Waals surface area contributed by atoms with E-state index in [2.05, 4.69) is 5.32 Å². The summed E-state index contributed by atoms with van der Waals surface area (Å²) in [4.78, 5) is 23.5. The minimum absolute atomic E-state index is 0.0140. The van der Waals surface area contributed by atoms with Gasteiger partial charge in [-0.25, -0.2) is 0 Å². The average Bonchev–Trinajstić information content (AvgIpc) is 3.32. The maximum Gasteiger partial charge on any atom is 0.305 e. The maximum absolute atomic E-state index is 12.5. The summed E-state index contributed by atoms with van der Waals surface area (Å²) in [5.41, 5.74) is 0.559. The normalized spacial score (nSPS) is 26.2. The monoisotopic (exact) mass is 331 g/mol. The lowest BCUT2D eigenvalue weighted by Crippen LogP contribution is -2.55. The van der Waals surface area contributed by atoms with Crippen LogP contribution in [0.2, 0.25) is 0 Å². The number of fused-ring (bicyclic) bond motifs is 1. The predicted molar refractivity (Wildman–Crippen MR) is 85.3 cm³/mol. The van der Waals surface area contributed by atoms with Crippen LogP contribution in [0.25, 0.3) is 0 Å². The number of nitrogens with one attached hydrogen (secondary N) is 1. The van der Waals surface area contributed by atoms with Crippen molar-refractivity contribution in [3.05, 3.63) is 23.8 Å². The number of carboxylic acid groups (broad SMARTS) is 1. The number of benzene rings is 1. The molecule has 1 amide bonds. The molecule has 2 unspecified atom stereocenters. The first-order valence-corrected chi connectivity index (χ1v) is 8.50. The van der Waals surface area contributed by atoms with Gasteiger partial charge < -0.3 is 19.9 Å². The van der Waals surface area contributed by atoms with Crippen molar-refractivity contribution in [2.24, 2.45) is 5.92 Å². The number of carbonyl (C=O) groups is 2. The minimum Gasteiger partial charge on any atom is -0.486 e. The Bertz CT molecular complexity index is 682. The molecule has 0 spiro atoms. The fourth-order valence-corrected chi connectivity index (χ4v) is 3.74. The van der Waals surface area contributed by atoms with Crippen LogP contribution < -0.4 is 14.8 Å². The van der Waals surface area contributed by atoms with Crippen LogP contribution in [0.5, 0.6) is 11.5 Å². The quantitative estimate of drug-likeness (QED) is 0.863. The van der Waals surface area contributed by atoms with E-state index in [-0.39, 0.29) is 24.2 Å². The Kier molecular flexibility index (Phi) is 3.62. The summed E-state index contributed by atoms with van der Waals surface area (Å²) in [6, 6.07) is 5.85. The van der Waals surface area contributed by atoms with Crippen molar-refractivity contribution in [1.82, 2.24) is 5.32 Å². The third-order valence-corrected chi connectivity index (χ3v) is 5.31. The topological polar surface area (TPSA) is 84.9 Å². The zero-order valence-electron chi connectivity index (χ0n) is 13.4. The third-order valence-electron chi connectivity index (χ3n) is 5.31. The molecule has 2 aliphatic carbocycles. The molecule has 1 aromatic carbocycles. The molecule has 6 heteroatoms. The Labute approximate surface area is 140 Å². The molecule has 0 radical (unpaired) electrons. The number of hydrogen-bond acceptors (Lipinski definition) is 4. The molecule has 2 atom stereocenters. The summed E-state index contributed by atoms with van der Waals surface area (Å²) in [6.45, 7) is 1.11. The van der Waals surface area contributed by atoms with Crippen molar-refractivity contribution < 1.29 is 24.2 Å². The molecular formula is C18H21NO5. The van der Waals surface area contributed by atoms with Gasteiger partial charge in [0.15, 0.2) is 11.5 Å². The summed E-state index contributed by atoms with van der Waals surface area (Å²) in [7, 11) is 0. The van der Waals surface area contributed by atoms with Gasteiger partial charge in [-0.15, -0.1) is 0 Å². The minimum atomic E-state index is -0.853. The highest BCUT2D eigenvalue weighted by molar-refractivity contribution is 5.84. The van der Waals surface area contributed by atoms with Crippen molar-refractivity contribution in [2.75, 3.05) is 13.2 Å². The van der Waals surface area contributed by atoms with Gasteiger partial charge in [0.2, 0.25) is 5.91 Å². The molecule has 2 N–H and O–H groups in total. The lowest BCUT2D eigenvalue weighted by Gasteiger charge is -2.41. The fourth-order valence-electron chi connectivity index (χ4n) is 3.74. The van der Waals surface area contributed by atoms with E-state index >= 15 is 0 Å². The van der Waals surface area contributed by atoms with E-state index < -0.39 is 11.5 Å². The standard InChI is InChI=1S/C18H21NO5/c20-16(21)10-18(4-1-5-18)19-17(22)13-9-12(13)11-2-3-14-15(8-11)24-7-6-23-14/h2-3,8,12-13H,1,4-7,9-10H2,(H,19,22)(H,20,21). The van der Waals surface area contributed by atoms with Gasteiger partial charge in [-0.05, 0) is 49.3 Å². The van der Waals surface area contributed by atoms with E-state index in [1.807, 2.05) is 18.2 Å². The number of hydrogen-bond donors (Lipinski definition) is 2. The highest BCUT2D eigenvalue weighted by Gasteiger charge is 2.48. The van der Waals surface area contributed by atoms with Crippen LogP contribution in [-0.4, -0.2) is 35.7 Å².